The maximum Gasteiger partial charge on any atom is 0.0700 e. The Morgan fingerprint density at radius 2 is 1.24 bits per heavy atom. The maximum atomic E-state index is 5.98. The number of ether oxygens (including phenoxy) is 4. The van der Waals surface area contributed by atoms with Crippen LogP contribution < -0.4 is 0 Å². The third-order valence-electron chi connectivity index (χ3n) is 5.70. The molecule has 0 spiro atoms. The predicted octanol–water partition coefficient (Wildman–Crippen LogP) is 4.45. The third-order valence-corrected chi connectivity index (χ3v) is 5.70. The standard InChI is InChI=1S/C25H34O4/c1-25(18-28-14-12-26-2,19-29-15-13-27-3)17-24-22-10-6-4-8-20(22)16-21-9-5-7-11-23(21)24/h4-11,24H,12-19H2,1-3H3. The van der Waals surface area contributed by atoms with Crippen LogP contribution in [0, 0.1) is 5.41 Å². The van der Waals surface area contributed by atoms with Crippen molar-refractivity contribution in [2.24, 2.45) is 5.41 Å². The molecule has 0 atom stereocenters. The van der Waals surface area contributed by atoms with Gasteiger partial charge in [-0.25, -0.2) is 0 Å². The van der Waals surface area contributed by atoms with E-state index in [0.717, 1.165) is 12.8 Å². The van der Waals surface area contributed by atoms with Gasteiger partial charge >= 0.3 is 0 Å². The molecule has 0 aromatic heterocycles. The van der Waals surface area contributed by atoms with Crippen LogP contribution in [0.25, 0.3) is 0 Å². The molecule has 4 nitrogen and oxygen atoms in total. The molecule has 0 amide bonds. The zero-order chi connectivity index (χ0) is 20.5. The highest BCUT2D eigenvalue weighted by Gasteiger charge is 2.34. The second kappa shape index (κ2) is 10.9. The summed E-state index contributed by atoms with van der Waals surface area (Å²) >= 11 is 0. The van der Waals surface area contributed by atoms with E-state index in [1.807, 2.05) is 0 Å². The molecule has 0 saturated heterocycles. The van der Waals surface area contributed by atoms with Gasteiger partial charge < -0.3 is 18.9 Å². The molecule has 0 unspecified atom stereocenters. The van der Waals surface area contributed by atoms with E-state index in [4.69, 9.17) is 18.9 Å². The van der Waals surface area contributed by atoms with Crippen LogP contribution in [0.5, 0.6) is 0 Å². The first kappa shape index (κ1) is 22.0. The molecule has 158 valence electrons. The summed E-state index contributed by atoms with van der Waals surface area (Å²) in [6, 6.07) is 17.7. The fourth-order valence-electron chi connectivity index (χ4n) is 4.24. The fraction of sp³-hybridized carbons (Fsp3) is 0.520. The first-order chi connectivity index (χ1) is 14.2. The summed E-state index contributed by atoms with van der Waals surface area (Å²) in [7, 11) is 3.40. The van der Waals surface area contributed by atoms with Crippen molar-refractivity contribution in [3.8, 4) is 0 Å². The maximum absolute atomic E-state index is 5.98. The van der Waals surface area contributed by atoms with E-state index in [-0.39, 0.29) is 5.41 Å². The number of hydrogen-bond acceptors (Lipinski definition) is 4. The third kappa shape index (κ3) is 5.89. The fourth-order valence-corrected chi connectivity index (χ4v) is 4.24. The molecule has 2 aromatic carbocycles. The SMILES string of the molecule is COCCOCC(C)(COCCOC)CC1c2ccccc2Cc2ccccc21. The largest absolute Gasteiger partial charge is 0.382 e. The van der Waals surface area contributed by atoms with Crippen molar-refractivity contribution in [1.29, 1.82) is 0 Å². The Balaban J connectivity index is 1.81. The van der Waals surface area contributed by atoms with Crippen LogP contribution in [0.3, 0.4) is 0 Å². The van der Waals surface area contributed by atoms with Crippen molar-refractivity contribution >= 4 is 0 Å². The molecule has 3 rings (SSSR count). The van der Waals surface area contributed by atoms with Gasteiger partial charge in [-0.1, -0.05) is 55.5 Å². The van der Waals surface area contributed by atoms with Crippen molar-refractivity contribution in [3.63, 3.8) is 0 Å². The van der Waals surface area contributed by atoms with Crippen LogP contribution in [-0.4, -0.2) is 53.9 Å². The molecule has 0 heterocycles. The lowest BCUT2D eigenvalue weighted by Gasteiger charge is -2.37. The van der Waals surface area contributed by atoms with Gasteiger partial charge in [-0.15, -0.1) is 0 Å². The van der Waals surface area contributed by atoms with Gasteiger partial charge in [0.2, 0.25) is 0 Å². The Kier molecular flexibility index (Phi) is 8.25. The van der Waals surface area contributed by atoms with Gasteiger partial charge in [0.05, 0.1) is 39.6 Å². The Bertz CT molecular complexity index is 700. The van der Waals surface area contributed by atoms with Crippen LogP contribution in [-0.2, 0) is 25.4 Å². The summed E-state index contributed by atoms with van der Waals surface area (Å²) < 4.78 is 22.2. The Labute approximate surface area is 175 Å². The summed E-state index contributed by atoms with van der Waals surface area (Å²) in [5, 5.41) is 0. The highest BCUT2D eigenvalue weighted by atomic mass is 16.5. The summed E-state index contributed by atoms with van der Waals surface area (Å²) in [4.78, 5) is 0. The second-order valence-corrected chi connectivity index (χ2v) is 8.23. The van der Waals surface area contributed by atoms with E-state index in [9.17, 15) is 0 Å². The zero-order valence-corrected chi connectivity index (χ0v) is 18.0. The van der Waals surface area contributed by atoms with E-state index in [1.54, 1.807) is 14.2 Å². The monoisotopic (exact) mass is 398 g/mol. The Hall–Kier alpha value is -1.72. The number of benzene rings is 2. The van der Waals surface area contributed by atoms with E-state index in [2.05, 4.69) is 55.5 Å². The highest BCUT2D eigenvalue weighted by molar-refractivity contribution is 5.49. The smallest absolute Gasteiger partial charge is 0.0700 e. The normalized spacial score (nSPS) is 13.9. The molecule has 0 N–H and O–H groups in total. The van der Waals surface area contributed by atoms with E-state index < -0.39 is 0 Å². The van der Waals surface area contributed by atoms with Crippen LogP contribution in [0.15, 0.2) is 48.5 Å². The van der Waals surface area contributed by atoms with Crippen LogP contribution in [0.2, 0.25) is 0 Å². The highest BCUT2D eigenvalue weighted by Crippen LogP contribution is 2.43. The quantitative estimate of drug-likeness (QED) is 0.495. The molecule has 1 aliphatic carbocycles. The van der Waals surface area contributed by atoms with Gasteiger partial charge in [0, 0.05) is 25.6 Å². The summed E-state index contributed by atoms with van der Waals surface area (Å²) in [6.45, 7) is 5.97. The summed E-state index contributed by atoms with van der Waals surface area (Å²) in [5.41, 5.74) is 5.62. The minimum absolute atomic E-state index is 0.107. The zero-order valence-electron chi connectivity index (χ0n) is 18.0. The molecule has 0 fully saturated rings. The average molecular weight is 399 g/mol. The molecule has 4 heteroatoms. The topological polar surface area (TPSA) is 36.9 Å². The summed E-state index contributed by atoms with van der Waals surface area (Å²) in [5.74, 6) is 0.346. The lowest BCUT2D eigenvalue weighted by atomic mass is 9.71. The molecule has 0 aliphatic heterocycles. The predicted molar refractivity (Wildman–Crippen MR) is 116 cm³/mol. The second-order valence-electron chi connectivity index (χ2n) is 8.23. The number of fused-ring (bicyclic) bond motifs is 2. The summed E-state index contributed by atoms with van der Waals surface area (Å²) in [6.07, 6.45) is 1.98. The van der Waals surface area contributed by atoms with Gasteiger partial charge in [0.1, 0.15) is 0 Å². The first-order valence-corrected chi connectivity index (χ1v) is 10.5. The van der Waals surface area contributed by atoms with E-state index in [0.29, 0.717) is 45.6 Å². The van der Waals surface area contributed by atoms with Crippen molar-refractivity contribution in [1.82, 2.24) is 0 Å². The van der Waals surface area contributed by atoms with Crippen LogP contribution in [0.4, 0.5) is 0 Å². The molecule has 29 heavy (non-hydrogen) atoms. The number of hydrogen-bond donors (Lipinski definition) is 0. The molecule has 0 bridgehead atoms. The lowest BCUT2D eigenvalue weighted by molar-refractivity contribution is -0.0384. The minimum atomic E-state index is -0.107. The van der Waals surface area contributed by atoms with Gasteiger partial charge in [0.25, 0.3) is 0 Å². The van der Waals surface area contributed by atoms with Crippen molar-refractivity contribution in [2.45, 2.75) is 25.7 Å². The Morgan fingerprint density at radius 1 is 0.759 bits per heavy atom. The van der Waals surface area contributed by atoms with E-state index in [1.165, 1.54) is 22.3 Å². The number of rotatable bonds is 12. The van der Waals surface area contributed by atoms with Crippen LogP contribution >= 0.6 is 0 Å². The van der Waals surface area contributed by atoms with Crippen molar-refractivity contribution in [2.75, 3.05) is 53.9 Å². The van der Waals surface area contributed by atoms with Crippen molar-refractivity contribution in [3.05, 3.63) is 70.8 Å². The molecule has 0 saturated carbocycles. The lowest BCUT2D eigenvalue weighted by Crippen LogP contribution is -2.33. The molecular formula is C25H34O4. The van der Waals surface area contributed by atoms with Gasteiger partial charge in [-0.3, -0.25) is 0 Å². The van der Waals surface area contributed by atoms with Gasteiger partial charge in [-0.2, -0.15) is 0 Å². The number of methoxy groups -OCH3 is 2. The Morgan fingerprint density at radius 3 is 1.72 bits per heavy atom. The van der Waals surface area contributed by atoms with Crippen molar-refractivity contribution < 1.29 is 18.9 Å². The molecule has 2 aromatic rings. The molecular weight excluding hydrogens is 364 g/mol. The van der Waals surface area contributed by atoms with E-state index >= 15 is 0 Å². The molecule has 0 radical (unpaired) electrons. The average Bonchev–Trinajstić information content (AvgIpc) is 2.74. The molecule has 1 aliphatic rings. The van der Waals surface area contributed by atoms with Crippen LogP contribution in [0.1, 0.15) is 41.5 Å². The minimum Gasteiger partial charge on any atom is -0.382 e. The van der Waals surface area contributed by atoms with Gasteiger partial charge in [0.15, 0.2) is 0 Å². The van der Waals surface area contributed by atoms with Gasteiger partial charge in [-0.05, 0) is 35.1 Å². The first-order valence-electron chi connectivity index (χ1n) is 10.5.